The second-order valence-corrected chi connectivity index (χ2v) is 6.61. The summed E-state index contributed by atoms with van der Waals surface area (Å²) in [6, 6.07) is 14.2. The summed E-state index contributed by atoms with van der Waals surface area (Å²) in [6.07, 6.45) is 0.236. The van der Waals surface area contributed by atoms with Gasteiger partial charge < -0.3 is 19.6 Å². The van der Waals surface area contributed by atoms with Crippen molar-refractivity contribution in [1.29, 1.82) is 0 Å². The molecule has 0 spiro atoms. The second-order valence-electron chi connectivity index (χ2n) is 6.61. The molecule has 0 atom stereocenters. The molecule has 0 aromatic heterocycles. The number of hydrogen-bond acceptors (Lipinski definition) is 4. The van der Waals surface area contributed by atoms with Gasteiger partial charge in [-0.05, 0) is 31.2 Å². The van der Waals surface area contributed by atoms with E-state index in [0.717, 1.165) is 5.56 Å². The lowest BCUT2D eigenvalue weighted by Gasteiger charge is -2.35. The molecule has 0 saturated carbocycles. The largest absolute Gasteiger partial charge is 0.504 e. The van der Waals surface area contributed by atoms with E-state index in [1.165, 1.54) is 0 Å². The molecular formula is C21H24N2O4. The molecule has 6 heteroatoms. The topological polar surface area (TPSA) is 70.1 Å². The fraction of sp³-hybridized carbons (Fsp3) is 0.333. The van der Waals surface area contributed by atoms with Crippen molar-refractivity contribution >= 4 is 11.8 Å². The minimum atomic E-state index is -0.00641. The number of aromatic hydroxyl groups is 1. The lowest BCUT2D eigenvalue weighted by molar-refractivity contribution is -0.133. The van der Waals surface area contributed by atoms with Crippen molar-refractivity contribution in [3.05, 3.63) is 59.7 Å². The molecule has 2 aromatic carbocycles. The lowest BCUT2D eigenvalue weighted by atomic mass is 10.1. The average molecular weight is 368 g/mol. The van der Waals surface area contributed by atoms with Crippen molar-refractivity contribution in [3.63, 3.8) is 0 Å². The van der Waals surface area contributed by atoms with Crippen LogP contribution in [0.1, 0.15) is 22.3 Å². The molecule has 27 heavy (non-hydrogen) atoms. The van der Waals surface area contributed by atoms with Gasteiger partial charge in [-0.3, -0.25) is 9.59 Å². The highest BCUT2D eigenvalue weighted by Crippen LogP contribution is 2.24. The highest BCUT2D eigenvalue weighted by atomic mass is 16.5. The van der Waals surface area contributed by atoms with E-state index in [0.29, 0.717) is 37.5 Å². The fourth-order valence-corrected chi connectivity index (χ4v) is 3.11. The van der Waals surface area contributed by atoms with Gasteiger partial charge >= 0.3 is 0 Å². The van der Waals surface area contributed by atoms with Crippen LogP contribution in [0, 0.1) is 6.92 Å². The van der Waals surface area contributed by atoms with Crippen molar-refractivity contribution in [3.8, 4) is 11.5 Å². The maximum absolute atomic E-state index is 12.6. The van der Waals surface area contributed by atoms with Crippen LogP contribution in [0.5, 0.6) is 11.5 Å². The van der Waals surface area contributed by atoms with Gasteiger partial charge in [0, 0.05) is 31.7 Å². The summed E-state index contributed by atoms with van der Waals surface area (Å²) in [6.45, 7) is 4.27. The quantitative estimate of drug-likeness (QED) is 0.880. The third-order valence-corrected chi connectivity index (χ3v) is 4.62. The number of para-hydroxylation sites is 2. The third kappa shape index (κ3) is 4.78. The molecule has 0 radical (unpaired) electrons. The van der Waals surface area contributed by atoms with E-state index in [-0.39, 0.29) is 30.6 Å². The molecule has 0 unspecified atom stereocenters. The SMILES string of the molecule is Cc1cccc(C(=O)N2CCN(C(=O)CCOc3ccccc3O)CC2)c1. The molecule has 1 fully saturated rings. The van der Waals surface area contributed by atoms with Gasteiger partial charge in [0.1, 0.15) is 0 Å². The van der Waals surface area contributed by atoms with Crippen LogP contribution in [0.4, 0.5) is 0 Å². The molecule has 1 aliphatic heterocycles. The van der Waals surface area contributed by atoms with Gasteiger partial charge in [0.25, 0.3) is 5.91 Å². The smallest absolute Gasteiger partial charge is 0.253 e. The third-order valence-electron chi connectivity index (χ3n) is 4.62. The molecular weight excluding hydrogens is 344 g/mol. The zero-order valence-corrected chi connectivity index (χ0v) is 15.4. The second kappa shape index (κ2) is 8.58. The van der Waals surface area contributed by atoms with Crippen LogP contribution in [-0.4, -0.2) is 59.5 Å². The Bertz CT molecular complexity index is 813. The summed E-state index contributed by atoms with van der Waals surface area (Å²) in [5.41, 5.74) is 1.74. The van der Waals surface area contributed by atoms with Gasteiger partial charge in [-0.25, -0.2) is 0 Å². The molecule has 3 rings (SSSR count). The van der Waals surface area contributed by atoms with Gasteiger partial charge in [0.2, 0.25) is 5.91 Å². The Labute approximate surface area is 159 Å². The maximum Gasteiger partial charge on any atom is 0.253 e. The number of hydrogen-bond donors (Lipinski definition) is 1. The first-order chi connectivity index (χ1) is 13.0. The van der Waals surface area contributed by atoms with Crippen molar-refractivity contribution < 1.29 is 19.4 Å². The van der Waals surface area contributed by atoms with Gasteiger partial charge in [0.15, 0.2) is 11.5 Å². The van der Waals surface area contributed by atoms with Crippen LogP contribution in [0.3, 0.4) is 0 Å². The Kier molecular flexibility index (Phi) is 5.96. The minimum absolute atomic E-state index is 0.00641. The zero-order valence-electron chi connectivity index (χ0n) is 15.4. The van der Waals surface area contributed by atoms with E-state index in [9.17, 15) is 14.7 Å². The number of carbonyl (C=O) groups is 2. The summed E-state index contributed by atoms with van der Waals surface area (Å²) >= 11 is 0. The molecule has 2 amide bonds. The number of aryl methyl sites for hydroxylation is 1. The van der Waals surface area contributed by atoms with Crippen LogP contribution < -0.4 is 4.74 Å². The standard InChI is InChI=1S/C21H24N2O4/c1-16-5-4-6-17(15-16)21(26)23-12-10-22(11-13-23)20(25)9-14-27-19-8-3-2-7-18(19)24/h2-8,15,24H,9-14H2,1H3. The number of ether oxygens (including phenoxy) is 1. The Balaban J connectivity index is 1.45. The first-order valence-electron chi connectivity index (χ1n) is 9.09. The number of amides is 2. The highest BCUT2D eigenvalue weighted by molar-refractivity contribution is 5.94. The van der Waals surface area contributed by atoms with E-state index in [2.05, 4.69) is 0 Å². The molecule has 1 aliphatic rings. The Hall–Kier alpha value is -3.02. The lowest BCUT2D eigenvalue weighted by Crippen LogP contribution is -2.50. The number of rotatable bonds is 5. The number of phenolic OH excluding ortho intramolecular Hbond substituents is 1. The van der Waals surface area contributed by atoms with Gasteiger partial charge in [-0.15, -0.1) is 0 Å². The Morgan fingerprint density at radius 1 is 1.00 bits per heavy atom. The normalized spacial score (nSPS) is 14.1. The number of phenols is 1. The van der Waals surface area contributed by atoms with Crippen LogP contribution in [0.15, 0.2) is 48.5 Å². The molecule has 2 aromatic rings. The van der Waals surface area contributed by atoms with Crippen LogP contribution >= 0.6 is 0 Å². The zero-order chi connectivity index (χ0) is 19.2. The van der Waals surface area contributed by atoms with E-state index in [1.54, 1.807) is 34.1 Å². The average Bonchev–Trinajstić information content (AvgIpc) is 2.69. The first kappa shape index (κ1) is 18.8. The summed E-state index contributed by atoms with van der Waals surface area (Å²) in [5, 5.41) is 9.66. The summed E-state index contributed by atoms with van der Waals surface area (Å²) in [5.74, 6) is 0.439. The van der Waals surface area contributed by atoms with Crippen LogP contribution in [0.25, 0.3) is 0 Å². The van der Waals surface area contributed by atoms with E-state index < -0.39 is 0 Å². The molecule has 0 bridgehead atoms. The number of piperazine rings is 1. The molecule has 1 heterocycles. The number of benzene rings is 2. The number of carbonyl (C=O) groups excluding carboxylic acids is 2. The van der Waals surface area contributed by atoms with Crippen molar-refractivity contribution in [2.24, 2.45) is 0 Å². The number of nitrogens with zero attached hydrogens (tertiary/aromatic N) is 2. The first-order valence-corrected chi connectivity index (χ1v) is 9.09. The van der Waals surface area contributed by atoms with Crippen LogP contribution in [0.2, 0.25) is 0 Å². The predicted octanol–water partition coefficient (Wildman–Crippen LogP) is 2.45. The highest BCUT2D eigenvalue weighted by Gasteiger charge is 2.24. The van der Waals surface area contributed by atoms with Gasteiger partial charge in [-0.2, -0.15) is 0 Å². The van der Waals surface area contributed by atoms with Gasteiger partial charge in [-0.1, -0.05) is 29.8 Å². The monoisotopic (exact) mass is 368 g/mol. The molecule has 1 N–H and O–H groups in total. The molecule has 142 valence electrons. The Morgan fingerprint density at radius 2 is 1.70 bits per heavy atom. The minimum Gasteiger partial charge on any atom is -0.504 e. The summed E-state index contributed by atoms with van der Waals surface area (Å²) in [7, 11) is 0. The van der Waals surface area contributed by atoms with E-state index in [4.69, 9.17) is 4.74 Å². The Morgan fingerprint density at radius 3 is 2.41 bits per heavy atom. The fourth-order valence-electron chi connectivity index (χ4n) is 3.11. The molecule has 1 saturated heterocycles. The van der Waals surface area contributed by atoms with E-state index >= 15 is 0 Å². The predicted molar refractivity (Wildman–Crippen MR) is 102 cm³/mol. The summed E-state index contributed by atoms with van der Waals surface area (Å²) < 4.78 is 5.46. The van der Waals surface area contributed by atoms with Crippen molar-refractivity contribution in [1.82, 2.24) is 9.80 Å². The van der Waals surface area contributed by atoms with Gasteiger partial charge in [0.05, 0.1) is 13.0 Å². The molecule has 0 aliphatic carbocycles. The van der Waals surface area contributed by atoms with Crippen molar-refractivity contribution in [2.75, 3.05) is 32.8 Å². The van der Waals surface area contributed by atoms with Crippen LogP contribution in [-0.2, 0) is 4.79 Å². The summed E-state index contributed by atoms with van der Waals surface area (Å²) in [4.78, 5) is 28.5. The molecule has 6 nitrogen and oxygen atoms in total. The van der Waals surface area contributed by atoms with E-state index in [1.807, 2.05) is 31.2 Å². The maximum atomic E-state index is 12.6. The van der Waals surface area contributed by atoms with Crippen molar-refractivity contribution in [2.45, 2.75) is 13.3 Å².